The van der Waals surface area contributed by atoms with Crippen molar-refractivity contribution in [2.75, 3.05) is 5.32 Å². The van der Waals surface area contributed by atoms with Crippen molar-refractivity contribution in [2.45, 2.75) is 19.5 Å². The molecule has 1 N–H and O–H groups in total. The minimum Gasteiger partial charge on any atom is -0.326 e. The SMILES string of the molecule is Cc1cccn2cc(CC(=O)Nc3ccc(Cl)c(C(F)(F)F)c3)nc12. The van der Waals surface area contributed by atoms with Crippen LogP contribution in [0.25, 0.3) is 5.65 Å². The van der Waals surface area contributed by atoms with E-state index < -0.39 is 22.7 Å². The Bertz CT molecular complexity index is 950. The van der Waals surface area contributed by atoms with Gasteiger partial charge in [0.15, 0.2) is 0 Å². The number of rotatable bonds is 3. The van der Waals surface area contributed by atoms with E-state index in [1.54, 1.807) is 10.6 Å². The fraction of sp³-hybridized carbons (Fsp3) is 0.176. The van der Waals surface area contributed by atoms with Crippen molar-refractivity contribution < 1.29 is 18.0 Å². The van der Waals surface area contributed by atoms with Gasteiger partial charge < -0.3 is 9.72 Å². The quantitative estimate of drug-likeness (QED) is 0.741. The number of benzene rings is 1. The van der Waals surface area contributed by atoms with Crippen LogP contribution in [0.4, 0.5) is 18.9 Å². The van der Waals surface area contributed by atoms with Crippen LogP contribution in [0.5, 0.6) is 0 Å². The lowest BCUT2D eigenvalue weighted by Gasteiger charge is -2.11. The number of carbonyl (C=O) groups is 1. The molecule has 25 heavy (non-hydrogen) atoms. The molecule has 2 aromatic heterocycles. The fourth-order valence-corrected chi connectivity index (χ4v) is 2.70. The van der Waals surface area contributed by atoms with Crippen molar-refractivity contribution in [3.8, 4) is 0 Å². The van der Waals surface area contributed by atoms with E-state index in [1.165, 1.54) is 6.07 Å². The summed E-state index contributed by atoms with van der Waals surface area (Å²) in [6.45, 7) is 1.90. The number of amides is 1. The molecule has 0 atom stereocenters. The first-order chi connectivity index (χ1) is 11.7. The number of aryl methyl sites for hydroxylation is 1. The summed E-state index contributed by atoms with van der Waals surface area (Å²) in [7, 11) is 0. The van der Waals surface area contributed by atoms with Crippen LogP contribution in [-0.4, -0.2) is 15.3 Å². The third-order valence-corrected chi connectivity index (χ3v) is 3.95. The van der Waals surface area contributed by atoms with Crippen molar-refractivity contribution in [1.82, 2.24) is 9.38 Å². The highest BCUT2D eigenvalue weighted by atomic mass is 35.5. The number of carbonyl (C=O) groups excluding carboxylic acids is 1. The highest BCUT2D eigenvalue weighted by Crippen LogP contribution is 2.36. The second kappa shape index (κ2) is 6.40. The minimum absolute atomic E-state index is 0.0293. The molecular weight excluding hydrogens is 355 g/mol. The molecule has 2 heterocycles. The standard InChI is InChI=1S/C17H13ClF3N3O/c1-10-3-2-6-24-9-12(23-16(10)24)8-15(25)22-11-4-5-14(18)13(7-11)17(19,20)21/h2-7,9H,8H2,1H3,(H,22,25). The average Bonchev–Trinajstić information content (AvgIpc) is 2.92. The molecule has 3 rings (SSSR count). The maximum absolute atomic E-state index is 12.9. The third kappa shape index (κ3) is 3.76. The van der Waals surface area contributed by atoms with Crippen LogP contribution < -0.4 is 5.32 Å². The van der Waals surface area contributed by atoms with Gasteiger partial charge in [0.2, 0.25) is 5.91 Å². The van der Waals surface area contributed by atoms with Crippen molar-refractivity contribution >= 4 is 28.8 Å². The van der Waals surface area contributed by atoms with Gasteiger partial charge in [-0.05, 0) is 36.8 Å². The van der Waals surface area contributed by atoms with Gasteiger partial charge in [-0.3, -0.25) is 4.79 Å². The molecule has 3 aromatic rings. The molecule has 0 radical (unpaired) electrons. The van der Waals surface area contributed by atoms with Gasteiger partial charge in [0.05, 0.1) is 22.7 Å². The molecule has 4 nitrogen and oxygen atoms in total. The minimum atomic E-state index is -4.59. The van der Waals surface area contributed by atoms with Gasteiger partial charge in [0, 0.05) is 18.1 Å². The van der Waals surface area contributed by atoms with Gasteiger partial charge in [-0.2, -0.15) is 13.2 Å². The summed E-state index contributed by atoms with van der Waals surface area (Å²) >= 11 is 5.56. The van der Waals surface area contributed by atoms with Gasteiger partial charge in [-0.15, -0.1) is 0 Å². The molecule has 0 saturated heterocycles. The number of pyridine rings is 1. The van der Waals surface area contributed by atoms with Crippen LogP contribution in [0, 0.1) is 6.92 Å². The van der Waals surface area contributed by atoms with E-state index in [0.717, 1.165) is 23.3 Å². The lowest BCUT2D eigenvalue weighted by atomic mass is 10.2. The van der Waals surface area contributed by atoms with Gasteiger partial charge in [0.1, 0.15) is 5.65 Å². The number of nitrogens with one attached hydrogen (secondary N) is 1. The van der Waals surface area contributed by atoms with Crippen LogP contribution in [0.15, 0.2) is 42.7 Å². The Labute approximate surface area is 146 Å². The lowest BCUT2D eigenvalue weighted by molar-refractivity contribution is -0.137. The summed E-state index contributed by atoms with van der Waals surface area (Å²) < 4.78 is 40.4. The van der Waals surface area contributed by atoms with Crippen LogP contribution in [0.2, 0.25) is 5.02 Å². The van der Waals surface area contributed by atoms with Gasteiger partial charge >= 0.3 is 6.18 Å². The Morgan fingerprint density at radius 1 is 1.32 bits per heavy atom. The highest BCUT2D eigenvalue weighted by Gasteiger charge is 2.33. The first kappa shape index (κ1) is 17.3. The van der Waals surface area contributed by atoms with Crippen LogP contribution in [0.3, 0.4) is 0 Å². The van der Waals surface area contributed by atoms with Crippen molar-refractivity contribution in [3.63, 3.8) is 0 Å². The number of hydrogen-bond donors (Lipinski definition) is 1. The van der Waals surface area contributed by atoms with E-state index in [4.69, 9.17) is 11.6 Å². The predicted molar refractivity (Wildman–Crippen MR) is 88.7 cm³/mol. The van der Waals surface area contributed by atoms with Crippen molar-refractivity contribution in [3.05, 3.63) is 64.6 Å². The highest BCUT2D eigenvalue weighted by molar-refractivity contribution is 6.31. The van der Waals surface area contributed by atoms with Crippen LogP contribution >= 0.6 is 11.6 Å². The van der Waals surface area contributed by atoms with Gasteiger partial charge in [-0.25, -0.2) is 4.98 Å². The number of aromatic nitrogens is 2. The third-order valence-electron chi connectivity index (χ3n) is 3.62. The first-order valence-corrected chi connectivity index (χ1v) is 7.71. The number of anilines is 1. The fourth-order valence-electron chi connectivity index (χ4n) is 2.48. The Kier molecular flexibility index (Phi) is 4.43. The Hall–Kier alpha value is -2.54. The van der Waals surface area contributed by atoms with E-state index in [9.17, 15) is 18.0 Å². The molecule has 0 fully saturated rings. The zero-order chi connectivity index (χ0) is 18.2. The summed E-state index contributed by atoms with van der Waals surface area (Å²) in [6.07, 6.45) is -1.11. The number of hydrogen-bond acceptors (Lipinski definition) is 2. The topological polar surface area (TPSA) is 46.4 Å². The molecule has 0 aliphatic rings. The molecule has 0 saturated carbocycles. The smallest absolute Gasteiger partial charge is 0.326 e. The Balaban J connectivity index is 1.77. The van der Waals surface area contributed by atoms with E-state index >= 15 is 0 Å². The zero-order valence-electron chi connectivity index (χ0n) is 13.1. The zero-order valence-corrected chi connectivity index (χ0v) is 13.8. The molecule has 1 amide bonds. The van der Waals surface area contributed by atoms with Crippen LogP contribution in [-0.2, 0) is 17.4 Å². The summed E-state index contributed by atoms with van der Waals surface area (Å²) in [5, 5.41) is 2.03. The summed E-state index contributed by atoms with van der Waals surface area (Å²) in [4.78, 5) is 16.5. The molecule has 1 aromatic carbocycles. The number of alkyl halides is 3. The Morgan fingerprint density at radius 2 is 2.08 bits per heavy atom. The van der Waals surface area contributed by atoms with Crippen molar-refractivity contribution in [2.24, 2.45) is 0 Å². The molecule has 0 unspecified atom stereocenters. The second-order valence-corrected chi connectivity index (χ2v) is 5.98. The maximum Gasteiger partial charge on any atom is 0.417 e. The normalized spacial score (nSPS) is 11.7. The Morgan fingerprint density at radius 3 is 2.76 bits per heavy atom. The summed E-state index contributed by atoms with van der Waals surface area (Å²) in [5.74, 6) is -0.462. The van der Waals surface area contributed by atoms with Gasteiger partial charge in [0.25, 0.3) is 0 Å². The van der Waals surface area contributed by atoms with E-state index in [0.29, 0.717) is 5.69 Å². The molecule has 0 spiro atoms. The first-order valence-electron chi connectivity index (χ1n) is 7.34. The lowest BCUT2D eigenvalue weighted by Crippen LogP contribution is -2.15. The average molecular weight is 368 g/mol. The maximum atomic E-state index is 12.9. The van der Waals surface area contributed by atoms with E-state index in [1.807, 2.05) is 25.3 Å². The second-order valence-electron chi connectivity index (χ2n) is 5.57. The molecule has 0 aliphatic carbocycles. The summed E-state index contributed by atoms with van der Waals surface area (Å²) in [5.41, 5.74) is 1.26. The predicted octanol–water partition coefficient (Wildman–Crippen LogP) is 4.50. The monoisotopic (exact) mass is 367 g/mol. The molecule has 0 bridgehead atoms. The molecular formula is C17H13ClF3N3O. The van der Waals surface area contributed by atoms with E-state index in [-0.39, 0.29) is 12.1 Å². The number of halogens is 4. The van der Waals surface area contributed by atoms with Gasteiger partial charge in [-0.1, -0.05) is 17.7 Å². The van der Waals surface area contributed by atoms with E-state index in [2.05, 4.69) is 10.3 Å². The largest absolute Gasteiger partial charge is 0.417 e. The van der Waals surface area contributed by atoms with Crippen LogP contribution in [0.1, 0.15) is 16.8 Å². The molecule has 0 aliphatic heterocycles. The number of imidazole rings is 1. The number of fused-ring (bicyclic) bond motifs is 1. The molecule has 8 heteroatoms. The summed E-state index contributed by atoms with van der Waals surface area (Å²) in [6, 6.07) is 7.00. The molecule has 130 valence electrons. The number of nitrogens with zero attached hydrogens (tertiary/aromatic N) is 2. The van der Waals surface area contributed by atoms with Crippen molar-refractivity contribution in [1.29, 1.82) is 0 Å².